The van der Waals surface area contributed by atoms with Gasteiger partial charge in [0.05, 0.1) is 5.56 Å². The average molecular weight is 292 g/mol. The highest BCUT2D eigenvalue weighted by atomic mass is 32.1. The number of aromatic carboxylic acids is 1. The number of rotatable bonds is 3. The van der Waals surface area contributed by atoms with E-state index in [1.165, 1.54) is 12.3 Å². The maximum absolute atomic E-state index is 11.0. The predicted molar refractivity (Wildman–Crippen MR) is 79.8 cm³/mol. The lowest BCUT2D eigenvalue weighted by Crippen LogP contribution is -2.28. The van der Waals surface area contributed by atoms with Crippen LogP contribution in [-0.4, -0.2) is 26.9 Å². The second-order valence-electron chi connectivity index (χ2n) is 4.65. The fourth-order valence-electron chi connectivity index (χ4n) is 2.35. The zero-order valence-corrected chi connectivity index (χ0v) is 11.7. The van der Waals surface area contributed by atoms with E-state index in [1.54, 1.807) is 6.07 Å². The number of nitrogens with one attached hydrogen (secondary N) is 1. The third-order valence-electron chi connectivity index (χ3n) is 3.27. The number of hydrogen-bond donors (Lipinski definition) is 3. The molecule has 0 amide bonds. The van der Waals surface area contributed by atoms with E-state index >= 15 is 0 Å². The first kappa shape index (κ1) is 14.4. The molecule has 0 saturated heterocycles. The van der Waals surface area contributed by atoms with Crippen LogP contribution in [0.5, 0.6) is 0 Å². The molecular formula is C13H16N4O2S. The third kappa shape index (κ3) is 3.51. The minimum absolute atomic E-state index is 0.0184. The molecule has 2 rings (SSSR count). The van der Waals surface area contributed by atoms with E-state index < -0.39 is 5.97 Å². The normalized spacial score (nSPS) is 20.6. The molecule has 0 unspecified atom stereocenters. The number of hydrazone groups is 1. The molecule has 1 saturated carbocycles. The van der Waals surface area contributed by atoms with Crippen LogP contribution in [0.3, 0.4) is 0 Å². The Morgan fingerprint density at radius 1 is 1.55 bits per heavy atom. The molecule has 7 heteroatoms. The Hall–Kier alpha value is -2.02. The van der Waals surface area contributed by atoms with Crippen molar-refractivity contribution in [2.75, 3.05) is 0 Å². The van der Waals surface area contributed by atoms with Crippen molar-refractivity contribution in [3.05, 3.63) is 29.6 Å². The fraction of sp³-hybridized carbons (Fsp3) is 0.385. The standard InChI is InChI=1S/C13H16N4O2S/c14-13(20)17-16-10-4-2-1-3-9(10)11-7-8(12(18)19)5-6-15-11/h5-7,9H,1-4H2,(H,18,19)(H3,14,17,20)/b16-10-/t9-/m1/s1. The van der Waals surface area contributed by atoms with Gasteiger partial charge >= 0.3 is 5.97 Å². The summed E-state index contributed by atoms with van der Waals surface area (Å²) in [4.78, 5) is 15.3. The van der Waals surface area contributed by atoms with Gasteiger partial charge in [-0.1, -0.05) is 6.42 Å². The van der Waals surface area contributed by atoms with Crippen molar-refractivity contribution in [1.82, 2.24) is 10.4 Å². The van der Waals surface area contributed by atoms with Crippen LogP contribution in [0.15, 0.2) is 23.4 Å². The molecule has 0 aliphatic heterocycles. The molecule has 0 bridgehead atoms. The molecule has 1 fully saturated rings. The molecule has 106 valence electrons. The van der Waals surface area contributed by atoms with E-state index in [9.17, 15) is 4.79 Å². The second-order valence-corrected chi connectivity index (χ2v) is 5.09. The van der Waals surface area contributed by atoms with Crippen molar-refractivity contribution >= 4 is 29.0 Å². The first-order valence-electron chi connectivity index (χ1n) is 6.39. The third-order valence-corrected chi connectivity index (χ3v) is 3.36. The summed E-state index contributed by atoms with van der Waals surface area (Å²) in [5.41, 5.74) is 9.87. The number of aromatic nitrogens is 1. The molecule has 1 atom stereocenters. The molecule has 1 aliphatic rings. The SMILES string of the molecule is NC(=S)N/N=C1/CCCC[C@H]1c1cc(C(=O)O)ccn1. The highest BCUT2D eigenvalue weighted by Gasteiger charge is 2.24. The number of hydrogen-bond acceptors (Lipinski definition) is 4. The number of nitrogens with two attached hydrogens (primary N) is 1. The van der Waals surface area contributed by atoms with E-state index in [-0.39, 0.29) is 16.6 Å². The first-order valence-corrected chi connectivity index (χ1v) is 6.80. The Morgan fingerprint density at radius 2 is 2.35 bits per heavy atom. The molecule has 1 aromatic rings. The van der Waals surface area contributed by atoms with E-state index in [2.05, 4.69) is 15.5 Å². The summed E-state index contributed by atoms with van der Waals surface area (Å²) in [6.07, 6.45) is 5.36. The highest BCUT2D eigenvalue weighted by molar-refractivity contribution is 7.80. The average Bonchev–Trinajstić information content (AvgIpc) is 2.45. The smallest absolute Gasteiger partial charge is 0.335 e. The number of nitrogens with zero attached hydrogens (tertiary/aromatic N) is 2. The Bertz CT molecular complexity index is 559. The van der Waals surface area contributed by atoms with Crippen LogP contribution in [-0.2, 0) is 0 Å². The lowest BCUT2D eigenvalue weighted by Gasteiger charge is -2.23. The molecule has 4 N–H and O–H groups in total. The van der Waals surface area contributed by atoms with Gasteiger partial charge in [0.2, 0.25) is 0 Å². The lowest BCUT2D eigenvalue weighted by atomic mass is 9.84. The maximum atomic E-state index is 11.0. The highest BCUT2D eigenvalue weighted by Crippen LogP contribution is 2.30. The summed E-state index contributed by atoms with van der Waals surface area (Å²) in [5, 5.41) is 13.4. The minimum Gasteiger partial charge on any atom is -0.478 e. The lowest BCUT2D eigenvalue weighted by molar-refractivity contribution is 0.0696. The van der Waals surface area contributed by atoms with Gasteiger partial charge < -0.3 is 10.8 Å². The molecule has 0 spiro atoms. The van der Waals surface area contributed by atoms with Gasteiger partial charge in [0.15, 0.2) is 5.11 Å². The van der Waals surface area contributed by atoms with Crippen molar-refractivity contribution in [3.63, 3.8) is 0 Å². The number of pyridine rings is 1. The Kier molecular flexibility index (Phi) is 4.62. The largest absolute Gasteiger partial charge is 0.478 e. The summed E-state index contributed by atoms with van der Waals surface area (Å²) in [5.74, 6) is -0.936. The topological polar surface area (TPSA) is 101 Å². The molecular weight excluding hydrogens is 276 g/mol. The minimum atomic E-state index is -0.954. The summed E-state index contributed by atoms with van der Waals surface area (Å²) in [7, 11) is 0. The van der Waals surface area contributed by atoms with Crippen LogP contribution in [0.25, 0.3) is 0 Å². The van der Waals surface area contributed by atoms with Crippen LogP contribution in [0, 0.1) is 0 Å². The van der Waals surface area contributed by atoms with Crippen LogP contribution in [0.1, 0.15) is 47.7 Å². The molecule has 1 aromatic heterocycles. The Balaban J connectivity index is 2.27. The summed E-state index contributed by atoms with van der Waals surface area (Å²) in [6.45, 7) is 0. The van der Waals surface area contributed by atoms with Gasteiger partial charge in [0.25, 0.3) is 0 Å². The molecule has 20 heavy (non-hydrogen) atoms. The quantitative estimate of drug-likeness (QED) is 0.578. The number of carbonyl (C=O) groups is 1. The van der Waals surface area contributed by atoms with Crippen molar-refractivity contribution in [2.45, 2.75) is 31.6 Å². The van der Waals surface area contributed by atoms with Gasteiger partial charge in [-0.15, -0.1) is 0 Å². The van der Waals surface area contributed by atoms with E-state index in [0.29, 0.717) is 0 Å². The van der Waals surface area contributed by atoms with Crippen LogP contribution < -0.4 is 11.2 Å². The van der Waals surface area contributed by atoms with Crippen molar-refractivity contribution in [1.29, 1.82) is 0 Å². The van der Waals surface area contributed by atoms with Crippen molar-refractivity contribution in [3.8, 4) is 0 Å². The zero-order chi connectivity index (χ0) is 14.5. The monoisotopic (exact) mass is 292 g/mol. The van der Waals surface area contributed by atoms with Gasteiger partial charge in [-0.25, -0.2) is 4.79 Å². The number of carboxylic acid groups (broad SMARTS) is 1. The summed E-state index contributed by atoms with van der Waals surface area (Å²) in [6, 6.07) is 3.09. The summed E-state index contributed by atoms with van der Waals surface area (Å²) < 4.78 is 0. The van der Waals surface area contributed by atoms with Crippen LogP contribution >= 0.6 is 12.2 Å². The maximum Gasteiger partial charge on any atom is 0.335 e. The number of carboxylic acids is 1. The second kappa shape index (κ2) is 6.42. The fourth-order valence-corrected chi connectivity index (χ4v) is 2.39. The predicted octanol–water partition coefficient (Wildman–Crippen LogP) is 1.63. The molecule has 1 heterocycles. The molecule has 0 radical (unpaired) electrons. The number of thiocarbonyl (C=S) groups is 1. The molecule has 1 aliphatic carbocycles. The van der Waals surface area contributed by atoms with Gasteiger partial charge in [0, 0.05) is 23.5 Å². The van der Waals surface area contributed by atoms with E-state index in [0.717, 1.165) is 37.1 Å². The Labute approximate surface area is 122 Å². The van der Waals surface area contributed by atoms with Gasteiger partial charge in [-0.2, -0.15) is 5.10 Å². The van der Waals surface area contributed by atoms with E-state index in [4.69, 9.17) is 23.1 Å². The summed E-state index contributed by atoms with van der Waals surface area (Å²) >= 11 is 4.74. The van der Waals surface area contributed by atoms with Crippen LogP contribution in [0.4, 0.5) is 0 Å². The zero-order valence-electron chi connectivity index (χ0n) is 10.9. The Morgan fingerprint density at radius 3 is 3.05 bits per heavy atom. The van der Waals surface area contributed by atoms with Gasteiger partial charge in [0.1, 0.15) is 0 Å². The van der Waals surface area contributed by atoms with Gasteiger partial charge in [-0.05, 0) is 43.6 Å². The molecule has 6 nitrogen and oxygen atoms in total. The van der Waals surface area contributed by atoms with Gasteiger partial charge in [-0.3, -0.25) is 10.4 Å². The first-order chi connectivity index (χ1) is 9.58. The van der Waals surface area contributed by atoms with Crippen molar-refractivity contribution in [2.24, 2.45) is 10.8 Å². The van der Waals surface area contributed by atoms with Crippen molar-refractivity contribution < 1.29 is 9.90 Å². The van der Waals surface area contributed by atoms with Crippen LogP contribution in [0.2, 0.25) is 0 Å². The van der Waals surface area contributed by atoms with E-state index in [1.807, 2.05) is 0 Å². The molecule has 0 aromatic carbocycles.